The number of hydrogen-bond acceptors (Lipinski definition) is 3. The smallest absolute Gasteiger partial charge is 0.179 e. The molecule has 0 N–H and O–H groups in total. The van der Waals surface area contributed by atoms with Crippen molar-refractivity contribution in [3.63, 3.8) is 0 Å². The van der Waals surface area contributed by atoms with Crippen molar-refractivity contribution in [2.45, 2.75) is 17.7 Å². The van der Waals surface area contributed by atoms with Crippen LogP contribution in [0.5, 0.6) is 0 Å². The van der Waals surface area contributed by atoms with Crippen molar-refractivity contribution in [3.8, 4) is 0 Å². The maximum absolute atomic E-state index is 12.8. The van der Waals surface area contributed by atoms with Crippen molar-refractivity contribution in [1.82, 2.24) is 4.90 Å². The molecule has 26 heavy (non-hydrogen) atoms. The maximum atomic E-state index is 12.8. The van der Waals surface area contributed by atoms with Gasteiger partial charge in [0.25, 0.3) is 0 Å². The number of rotatable bonds is 8. The number of fused-ring (bicyclic) bond motifs is 1. The van der Waals surface area contributed by atoms with Crippen molar-refractivity contribution in [2.75, 3.05) is 25.9 Å². The number of sulfone groups is 1. The molecule has 0 fully saturated rings. The standard InChI is InChI=1S/C22H25NO2S/c1-23(17-15-19-9-3-2-4-10-19)16-8-18-26(24,25)22-14-7-12-20-11-5-6-13-21(20)22/h2-7,9-14H,8,15-18H2,1H3. The number of hydrogen-bond donors (Lipinski definition) is 0. The van der Waals surface area contributed by atoms with Crippen LogP contribution in [0, 0.1) is 0 Å². The van der Waals surface area contributed by atoms with Crippen LogP contribution < -0.4 is 0 Å². The zero-order chi connectivity index (χ0) is 18.4. The monoisotopic (exact) mass is 367 g/mol. The molecule has 0 saturated carbocycles. The first kappa shape index (κ1) is 18.6. The fourth-order valence-electron chi connectivity index (χ4n) is 3.18. The van der Waals surface area contributed by atoms with Gasteiger partial charge < -0.3 is 4.90 Å². The third-order valence-corrected chi connectivity index (χ3v) is 6.51. The first-order valence-corrected chi connectivity index (χ1v) is 10.6. The molecule has 0 aliphatic heterocycles. The highest BCUT2D eigenvalue weighted by Gasteiger charge is 2.17. The lowest BCUT2D eigenvalue weighted by atomic mass is 10.1. The number of benzene rings is 3. The highest BCUT2D eigenvalue weighted by atomic mass is 32.2. The van der Waals surface area contributed by atoms with Crippen molar-refractivity contribution >= 4 is 20.6 Å². The quantitative estimate of drug-likeness (QED) is 0.599. The van der Waals surface area contributed by atoms with E-state index in [4.69, 9.17) is 0 Å². The fraction of sp³-hybridized carbons (Fsp3) is 0.273. The van der Waals surface area contributed by atoms with E-state index >= 15 is 0 Å². The SMILES string of the molecule is CN(CCCS(=O)(=O)c1cccc2ccccc12)CCc1ccccc1. The predicted molar refractivity (Wildman–Crippen MR) is 108 cm³/mol. The highest BCUT2D eigenvalue weighted by Crippen LogP contribution is 2.24. The Morgan fingerprint density at radius 2 is 1.50 bits per heavy atom. The number of likely N-dealkylation sites (N-methyl/N-ethyl adjacent to an activating group) is 1. The summed E-state index contributed by atoms with van der Waals surface area (Å²) in [6, 6.07) is 23.5. The second kappa shape index (κ2) is 8.47. The van der Waals surface area contributed by atoms with Gasteiger partial charge in [-0.25, -0.2) is 8.42 Å². The lowest BCUT2D eigenvalue weighted by molar-refractivity contribution is 0.339. The van der Waals surface area contributed by atoms with Crippen LogP contribution in [0.1, 0.15) is 12.0 Å². The van der Waals surface area contributed by atoms with Crippen LogP contribution in [0.25, 0.3) is 10.8 Å². The Kier molecular flexibility index (Phi) is 6.07. The zero-order valence-corrected chi connectivity index (χ0v) is 16.0. The minimum absolute atomic E-state index is 0.177. The molecule has 0 amide bonds. The van der Waals surface area contributed by atoms with Gasteiger partial charge in [-0.3, -0.25) is 0 Å². The van der Waals surface area contributed by atoms with Crippen LogP contribution in [0.15, 0.2) is 77.7 Å². The molecule has 0 spiro atoms. The molecule has 0 radical (unpaired) electrons. The summed E-state index contributed by atoms with van der Waals surface area (Å²) in [7, 11) is -1.23. The van der Waals surface area contributed by atoms with E-state index in [9.17, 15) is 8.42 Å². The highest BCUT2D eigenvalue weighted by molar-refractivity contribution is 7.91. The lowest BCUT2D eigenvalue weighted by Gasteiger charge is -2.16. The molecule has 3 aromatic rings. The molecule has 3 rings (SSSR count). The Morgan fingerprint density at radius 3 is 2.31 bits per heavy atom. The third kappa shape index (κ3) is 4.71. The molecule has 3 aromatic carbocycles. The summed E-state index contributed by atoms with van der Waals surface area (Å²) in [5.74, 6) is 0.177. The molecule has 0 bridgehead atoms. The molecular weight excluding hydrogens is 342 g/mol. The van der Waals surface area contributed by atoms with Crippen molar-refractivity contribution in [1.29, 1.82) is 0 Å². The van der Waals surface area contributed by atoms with Gasteiger partial charge in [0, 0.05) is 11.9 Å². The fourth-order valence-corrected chi connectivity index (χ4v) is 4.71. The van der Waals surface area contributed by atoms with Gasteiger partial charge in [-0.05, 0) is 43.5 Å². The van der Waals surface area contributed by atoms with Crippen LogP contribution in [0.4, 0.5) is 0 Å². The Labute approximate surface area is 156 Å². The van der Waals surface area contributed by atoms with Crippen LogP contribution >= 0.6 is 0 Å². The Hall–Kier alpha value is -2.17. The van der Waals surface area contributed by atoms with Crippen molar-refractivity contribution < 1.29 is 8.42 Å². The predicted octanol–water partition coefficient (Wildman–Crippen LogP) is 4.18. The van der Waals surface area contributed by atoms with E-state index < -0.39 is 9.84 Å². The average Bonchev–Trinajstić information content (AvgIpc) is 2.66. The van der Waals surface area contributed by atoms with Gasteiger partial charge >= 0.3 is 0 Å². The normalized spacial score (nSPS) is 11.9. The van der Waals surface area contributed by atoms with E-state index in [2.05, 4.69) is 17.0 Å². The van der Waals surface area contributed by atoms with Crippen LogP contribution in [-0.4, -0.2) is 39.2 Å². The second-order valence-electron chi connectivity index (χ2n) is 6.69. The molecule has 0 aromatic heterocycles. The Balaban J connectivity index is 1.56. The lowest BCUT2D eigenvalue weighted by Crippen LogP contribution is -2.24. The Morgan fingerprint density at radius 1 is 0.808 bits per heavy atom. The van der Waals surface area contributed by atoms with E-state index in [1.54, 1.807) is 6.07 Å². The molecular formula is C22H25NO2S. The molecule has 0 unspecified atom stereocenters. The first-order chi connectivity index (χ1) is 12.6. The summed E-state index contributed by atoms with van der Waals surface area (Å²) in [4.78, 5) is 2.65. The number of nitrogens with zero attached hydrogens (tertiary/aromatic N) is 1. The van der Waals surface area contributed by atoms with Crippen LogP contribution in [0.3, 0.4) is 0 Å². The second-order valence-corrected chi connectivity index (χ2v) is 8.77. The van der Waals surface area contributed by atoms with E-state index in [1.807, 2.05) is 61.6 Å². The van der Waals surface area contributed by atoms with E-state index in [-0.39, 0.29) is 5.75 Å². The van der Waals surface area contributed by atoms with Gasteiger partial charge in [0.05, 0.1) is 10.6 Å². The van der Waals surface area contributed by atoms with Crippen molar-refractivity contribution in [2.24, 2.45) is 0 Å². The van der Waals surface area contributed by atoms with E-state index in [1.165, 1.54) is 5.56 Å². The van der Waals surface area contributed by atoms with E-state index in [0.717, 1.165) is 30.3 Å². The van der Waals surface area contributed by atoms with Gasteiger partial charge in [0.15, 0.2) is 9.84 Å². The third-order valence-electron chi connectivity index (χ3n) is 4.66. The van der Waals surface area contributed by atoms with Crippen LogP contribution in [-0.2, 0) is 16.3 Å². The van der Waals surface area contributed by atoms with E-state index in [0.29, 0.717) is 11.3 Å². The maximum Gasteiger partial charge on any atom is 0.179 e. The summed E-state index contributed by atoms with van der Waals surface area (Å²) in [5.41, 5.74) is 1.31. The van der Waals surface area contributed by atoms with Gasteiger partial charge in [-0.1, -0.05) is 66.7 Å². The zero-order valence-electron chi connectivity index (χ0n) is 15.1. The molecule has 0 aliphatic carbocycles. The van der Waals surface area contributed by atoms with Crippen LogP contribution in [0.2, 0.25) is 0 Å². The summed E-state index contributed by atoms with van der Waals surface area (Å²) in [6.45, 7) is 1.70. The van der Waals surface area contributed by atoms with Gasteiger partial charge in [-0.15, -0.1) is 0 Å². The Bertz CT molecular complexity index is 947. The molecule has 0 heterocycles. The average molecular weight is 368 g/mol. The molecule has 4 heteroatoms. The molecule has 0 aliphatic rings. The molecule has 0 saturated heterocycles. The first-order valence-electron chi connectivity index (χ1n) is 8.99. The molecule has 0 atom stereocenters. The van der Waals surface area contributed by atoms with Crippen molar-refractivity contribution in [3.05, 3.63) is 78.4 Å². The van der Waals surface area contributed by atoms with Gasteiger partial charge in [0.2, 0.25) is 0 Å². The molecule has 136 valence electrons. The largest absolute Gasteiger partial charge is 0.306 e. The molecule has 3 nitrogen and oxygen atoms in total. The topological polar surface area (TPSA) is 37.4 Å². The minimum atomic E-state index is -3.28. The summed E-state index contributed by atoms with van der Waals surface area (Å²) >= 11 is 0. The summed E-state index contributed by atoms with van der Waals surface area (Å²) in [6.07, 6.45) is 1.62. The summed E-state index contributed by atoms with van der Waals surface area (Å²) in [5, 5.41) is 1.78. The van der Waals surface area contributed by atoms with Gasteiger partial charge in [-0.2, -0.15) is 0 Å². The minimum Gasteiger partial charge on any atom is -0.306 e. The summed E-state index contributed by atoms with van der Waals surface area (Å²) < 4.78 is 25.6. The van der Waals surface area contributed by atoms with Gasteiger partial charge in [0.1, 0.15) is 0 Å².